The summed E-state index contributed by atoms with van der Waals surface area (Å²) >= 11 is 6.01. The summed E-state index contributed by atoms with van der Waals surface area (Å²) in [6.07, 6.45) is 6.49. The van der Waals surface area contributed by atoms with Gasteiger partial charge in [0.1, 0.15) is 0 Å². The Morgan fingerprint density at radius 2 is 1.80 bits per heavy atom. The van der Waals surface area contributed by atoms with Crippen molar-refractivity contribution in [3.8, 4) is 0 Å². The van der Waals surface area contributed by atoms with Gasteiger partial charge in [-0.05, 0) is 56.8 Å². The van der Waals surface area contributed by atoms with Crippen LogP contribution in [0.2, 0.25) is 5.02 Å². The molecule has 2 fully saturated rings. The number of nitrogens with one attached hydrogen (secondary N) is 1. The molecule has 1 aromatic rings. The van der Waals surface area contributed by atoms with E-state index in [4.69, 9.17) is 11.6 Å². The molecule has 0 aliphatic carbocycles. The summed E-state index contributed by atoms with van der Waals surface area (Å²) in [7, 11) is 2.30. The van der Waals surface area contributed by atoms with Gasteiger partial charge in [-0.1, -0.05) is 30.7 Å². The summed E-state index contributed by atoms with van der Waals surface area (Å²) in [6, 6.07) is 11.1. The summed E-state index contributed by atoms with van der Waals surface area (Å²) in [5.41, 5.74) is 1.39. The summed E-state index contributed by atoms with van der Waals surface area (Å²) in [6.45, 7) is 2.28. The smallest absolute Gasteiger partial charge is 0.0406 e. The number of benzene rings is 1. The normalized spacial score (nSPS) is 30.7. The molecule has 20 heavy (non-hydrogen) atoms. The summed E-state index contributed by atoms with van der Waals surface area (Å²) < 4.78 is 0. The first-order valence-electron chi connectivity index (χ1n) is 7.90. The van der Waals surface area contributed by atoms with Gasteiger partial charge in [0.05, 0.1) is 0 Å². The molecule has 0 radical (unpaired) electrons. The van der Waals surface area contributed by atoms with Crippen LogP contribution in [0.3, 0.4) is 0 Å². The Morgan fingerprint density at radius 3 is 2.35 bits per heavy atom. The number of rotatable bonds is 4. The first-order valence-corrected chi connectivity index (χ1v) is 8.28. The van der Waals surface area contributed by atoms with E-state index in [2.05, 4.69) is 36.3 Å². The molecule has 2 bridgehead atoms. The van der Waals surface area contributed by atoms with Gasteiger partial charge in [-0.25, -0.2) is 0 Å². The third-order valence-corrected chi connectivity index (χ3v) is 5.41. The maximum Gasteiger partial charge on any atom is 0.0406 e. The van der Waals surface area contributed by atoms with Crippen LogP contribution in [0.25, 0.3) is 0 Å². The van der Waals surface area contributed by atoms with Crippen molar-refractivity contribution in [3.05, 3.63) is 34.9 Å². The topological polar surface area (TPSA) is 15.3 Å². The predicted molar refractivity (Wildman–Crippen MR) is 85.2 cm³/mol. The summed E-state index contributed by atoms with van der Waals surface area (Å²) in [4.78, 5) is 2.61. The van der Waals surface area contributed by atoms with Gasteiger partial charge in [0, 0.05) is 29.2 Å². The lowest BCUT2D eigenvalue weighted by molar-refractivity contribution is 0.121. The lowest BCUT2D eigenvalue weighted by Gasteiger charge is -2.40. The summed E-state index contributed by atoms with van der Waals surface area (Å²) in [5, 5.41) is 4.56. The highest BCUT2D eigenvalue weighted by Gasteiger charge is 2.36. The molecular weight excluding hydrogens is 268 g/mol. The van der Waals surface area contributed by atoms with Gasteiger partial charge in [-0.15, -0.1) is 0 Å². The standard InChI is InChI=1S/C17H25ClN2/c1-3-17(12-4-6-13(18)7-5-12)20(2)16-10-14-8-9-15(11-16)19-14/h4-7,14-17,19H,3,8-11H2,1-2H3. The Labute approximate surface area is 127 Å². The highest BCUT2D eigenvalue weighted by atomic mass is 35.5. The van der Waals surface area contributed by atoms with Gasteiger partial charge < -0.3 is 5.32 Å². The Morgan fingerprint density at radius 1 is 1.20 bits per heavy atom. The first-order chi connectivity index (χ1) is 9.67. The molecule has 2 nitrogen and oxygen atoms in total. The summed E-state index contributed by atoms with van der Waals surface area (Å²) in [5.74, 6) is 0. The van der Waals surface area contributed by atoms with E-state index in [0.29, 0.717) is 6.04 Å². The van der Waals surface area contributed by atoms with E-state index in [9.17, 15) is 0 Å². The quantitative estimate of drug-likeness (QED) is 0.902. The molecule has 2 aliphatic heterocycles. The first kappa shape index (κ1) is 14.4. The van der Waals surface area contributed by atoms with E-state index >= 15 is 0 Å². The van der Waals surface area contributed by atoms with Crippen molar-refractivity contribution in [2.45, 2.75) is 63.2 Å². The van der Waals surface area contributed by atoms with Crippen LogP contribution < -0.4 is 5.32 Å². The van der Waals surface area contributed by atoms with E-state index in [1.165, 1.54) is 31.2 Å². The molecule has 0 amide bonds. The number of hydrogen-bond donors (Lipinski definition) is 1. The van der Waals surface area contributed by atoms with E-state index in [-0.39, 0.29) is 0 Å². The van der Waals surface area contributed by atoms with Crippen molar-refractivity contribution in [2.75, 3.05) is 7.05 Å². The molecule has 3 unspecified atom stereocenters. The monoisotopic (exact) mass is 292 g/mol. The highest BCUT2D eigenvalue weighted by molar-refractivity contribution is 6.30. The second-order valence-corrected chi connectivity index (χ2v) is 6.84. The molecule has 2 saturated heterocycles. The number of hydrogen-bond acceptors (Lipinski definition) is 2. The fraction of sp³-hybridized carbons (Fsp3) is 0.647. The van der Waals surface area contributed by atoms with E-state index in [1.54, 1.807) is 0 Å². The lowest BCUT2D eigenvalue weighted by atomic mass is 9.94. The van der Waals surface area contributed by atoms with Gasteiger partial charge in [0.15, 0.2) is 0 Å². The molecule has 2 aliphatic rings. The molecule has 3 rings (SSSR count). The zero-order valence-electron chi connectivity index (χ0n) is 12.5. The van der Waals surface area contributed by atoms with Crippen LogP contribution in [0.1, 0.15) is 50.6 Å². The van der Waals surface area contributed by atoms with Gasteiger partial charge >= 0.3 is 0 Å². The molecule has 0 aromatic heterocycles. The molecule has 2 heterocycles. The number of fused-ring (bicyclic) bond motifs is 2. The Kier molecular flexibility index (Phi) is 4.34. The van der Waals surface area contributed by atoms with Crippen molar-refractivity contribution in [3.63, 3.8) is 0 Å². The van der Waals surface area contributed by atoms with Crippen LogP contribution in [0, 0.1) is 0 Å². The second kappa shape index (κ2) is 6.05. The fourth-order valence-corrected chi connectivity index (χ4v) is 4.18. The minimum Gasteiger partial charge on any atom is -0.311 e. The molecule has 1 aromatic carbocycles. The molecule has 110 valence electrons. The van der Waals surface area contributed by atoms with Crippen molar-refractivity contribution in [2.24, 2.45) is 0 Å². The maximum atomic E-state index is 6.01. The van der Waals surface area contributed by atoms with Gasteiger partial charge in [-0.3, -0.25) is 4.90 Å². The Hall–Kier alpha value is -0.570. The SMILES string of the molecule is CCC(c1ccc(Cl)cc1)N(C)C1CC2CCC(C1)N2. The number of halogens is 1. The van der Waals surface area contributed by atoms with Crippen LogP contribution in [0.15, 0.2) is 24.3 Å². The van der Waals surface area contributed by atoms with Crippen molar-refractivity contribution in [1.82, 2.24) is 10.2 Å². The molecular formula is C17H25ClN2. The van der Waals surface area contributed by atoms with Crippen LogP contribution in [0.4, 0.5) is 0 Å². The van der Waals surface area contributed by atoms with Gasteiger partial charge in [-0.2, -0.15) is 0 Å². The minimum absolute atomic E-state index is 0.509. The van der Waals surface area contributed by atoms with Crippen LogP contribution in [-0.4, -0.2) is 30.1 Å². The zero-order valence-corrected chi connectivity index (χ0v) is 13.2. The fourth-order valence-electron chi connectivity index (χ4n) is 4.06. The third kappa shape index (κ3) is 2.88. The van der Waals surface area contributed by atoms with Crippen LogP contribution >= 0.6 is 11.6 Å². The average molecular weight is 293 g/mol. The second-order valence-electron chi connectivity index (χ2n) is 6.40. The van der Waals surface area contributed by atoms with E-state index < -0.39 is 0 Å². The lowest BCUT2D eigenvalue weighted by Crippen LogP contribution is -2.47. The number of piperidine rings is 1. The van der Waals surface area contributed by atoms with Gasteiger partial charge in [0.25, 0.3) is 0 Å². The Balaban J connectivity index is 1.73. The van der Waals surface area contributed by atoms with Crippen LogP contribution in [-0.2, 0) is 0 Å². The van der Waals surface area contributed by atoms with Crippen molar-refractivity contribution >= 4 is 11.6 Å². The van der Waals surface area contributed by atoms with Crippen LogP contribution in [0.5, 0.6) is 0 Å². The molecule has 1 N–H and O–H groups in total. The van der Waals surface area contributed by atoms with Crippen molar-refractivity contribution in [1.29, 1.82) is 0 Å². The highest BCUT2D eigenvalue weighted by Crippen LogP contribution is 2.34. The predicted octanol–water partition coefficient (Wildman–Crippen LogP) is 4.01. The largest absolute Gasteiger partial charge is 0.311 e. The Bertz CT molecular complexity index is 433. The average Bonchev–Trinajstić information content (AvgIpc) is 2.80. The molecule has 0 saturated carbocycles. The minimum atomic E-state index is 0.509. The van der Waals surface area contributed by atoms with Crippen molar-refractivity contribution < 1.29 is 0 Å². The number of nitrogens with zero attached hydrogens (tertiary/aromatic N) is 1. The van der Waals surface area contributed by atoms with Gasteiger partial charge in [0.2, 0.25) is 0 Å². The molecule has 3 atom stereocenters. The third-order valence-electron chi connectivity index (χ3n) is 5.16. The van der Waals surface area contributed by atoms with E-state index in [0.717, 1.165) is 29.6 Å². The van der Waals surface area contributed by atoms with E-state index in [1.807, 2.05) is 12.1 Å². The molecule has 3 heteroatoms. The zero-order chi connectivity index (χ0) is 14.1. The molecule has 0 spiro atoms. The maximum absolute atomic E-state index is 6.01.